The molecule has 0 aliphatic rings. The third kappa shape index (κ3) is 3.93. The summed E-state index contributed by atoms with van der Waals surface area (Å²) in [7, 11) is 0. The van der Waals surface area contributed by atoms with E-state index >= 15 is 0 Å². The normalized spacial score (nSPS) is 11.5. The average Bonchev–Trinajstić information content (AvgIpc) is 2.89. The molecule has 0 fully saturated rings. The largest absolute Gasteiger partial charge is 0.484 e. The van der Waals surface area contributed by atoms with E-state index in [1.54, 1.807) is 0 Å². The average molecular weight is 348 g/mol. The second-order valence-electron chi connectivity index (χ2n) is 5.55. The number of nitrogens with one attached hydrogen (secondary N) is 2. The molecule has 130 valence electrons. The van der Waals surface area contributed by atoms with Gasteiger partial charge in [0.05, 0.1) is 5.56 Å². The van der Waals surface area contributed by atoms with Crippen LogP contribution in [-0.2, 0) is 0 Å². The van der Waals surface area contributed by atoms with Gasteiger partial charge < -0.3 is 15.0 Å². The zero-order valence-corrected chi connectivity index (χ0v) is 13.3. The molecule has 0 bridgehead atoms. The number of hydrogen-bond acceptors (Lipinski definition) is 2. The van der Waals surface area contributed by atoms with Gasteiger partial charge in [-0.25, -0.2) is 0 Å². The summed E-state index contributed by atoms with van der Waals surface area (Å²) in [6.07, 6.45) is -4.39. The van der Waals surface area contributed by atoms with Gasteiger partial charge in [0.15, 0.2) is 6.61 Å². The van der Waals surface area contributed by atoms with Crippen molar-refractivity contribution in [1.29, 1.82) is 0 Å². The molecule has 2 N–H and O–H groups in total. The highest BCUT2D eigenvalue weighted by Crippen LogP contribution is 2.24. The molecule has 1 heterocycles. The van der Waals surface area contributed by atoms with Crippen molar-refractivity contribution in [2.45, 2.75) is 13.1 Å². The zero-order chi connectivity index (χ0) is 18.0. The Labute approximate surface area is 141 Å². The van der Waals surface area contributed by atoms with E-state index < -0.39 is 12.8 Å². The number of rotatable bonds is 4. The van der Waals surface area contributed by atoms with Crippen LogP contribution in [0.3, 0.4) is 0 Å². The highest BCUT2D eigenvalue weighted by atomic mass is 19.4. The van der Waals surface area contributed by atoms with Gasteiger partial charge in [-0.2, -0.15) is 13.2 Å². The first kappa shape index (κ1) is 16.9. The van der Waals surface area contributed by atoms with Crippen LogP contribution in [0, 0.1) is 6.92 Å². The maximum Gasteiger partial charge on any atom is 0.422 e. The first-order chi connectivity index (χ1) is 11.8. The van der Waals surface area contributed by atoms with Gasteiger partial charge in [-0.1, -0.05) is 18.2 Å². The Bertz CT molecular complexity index is 899. The lowest BCUT2D eigenvalue weighted by Crippen LogP contribution is -2.19. The first-order valence-corrected chi connectivity index (χ1v) is 7.52. The number of ether oxygens (including phenoxy) is 1. The molecule has 2 aromatic carbocycles. The van der Waals surface area contributed by atoms with Gasteiger partial charge in [-0.15, -0.1) is 0 Å². The van der Waals surface area contributed by atoms with Gasteiger partial charge in [0.2, 0.25) is 0 Å². The third-order valence-electron chi connectivity index (χ3n) is 3.64. The van der Waals surface area contributed by atoms with E-state index in [-0.39, 0.29) is 11.7 Å². The molecule has 4 nitrogen and oxygen atoms in total. The lowest BCUT2D eigenvalue weighted by Gasteiger charge is -2.10. The zero-order valence-electron chi connectivity index (χ0n) is 13.3. The molecule has 3 aromatic rings. The Kier molecular flexibility index (Phi) is 4.39. The molecule has 0 saturated carbocycles. The molecule has 0 radical (unpaired) electrons. The summed E-state index contributed by atoms with van der Waals surface area (Å²) < 4.78 is 41.0. The molecule has 7 heteroatoms. The number of H-pyrrole nitrogens is 1. The Morgan fingerprint density at radius 1 is 1.12 bits per heavy atom. The molecule has 0 atom stereocenters. The van der Waals surface area contributed by atoms with Crippen LogP contribution in [0.1, 0.15) is 16.1 Å². The monoisotopic (exact) mass is 348 g/mol. The fraction of sp³-hybridized carbons (Fsp3) is 0.167. The Morgan fingerprint density at radius 2 is 1.80 bits per heavy atom. The van der Waals surface area contributed by atoms with E-state index in [2.05, 4.69) is 15.0 Å². The molecular formula is C18H15F3N2O2. The minimum absolute atomic E-state index is 0.0820. The number of carbonyl (C=O) groups is 1. The summed E-state index contributed by atoms with van der Waals surface area (Å²) >= 11 is 0. The molecular weight excluding hydrogens is 333 g/mol. The highest BCUT2D eigenvalue weighted by Gasteiger charge is 2.28. The number of fused-ring (bicyclic) bond motifs is 1. The SMILES string of the molecule is Cc1[nH]c2ccccc2c1C(=O)Nc1ccc(OCC(F)(F)F)cc1. The molecule has 0 spiro atoms. The second-order valence-corrected chi connectivity index (χ2v) is 5.55. The van der Waals surface area contributed by atoms with Crippen molar-refractivity contribution in [3.05, 3.63) is 59.8 Å². The standard InChI is InChI=1S/C18H15F3N2O2/c1-11-16(14-4-2-3-5-15(14)22-11)17(24)23-12-6-8-13(9-7-12)25-10-18(19,20)21/h2-9,22H,10H2,1H3,(H,23,24). The van der Waals surface area contributed by atoms with Crippen molar-refractivity contribution < 1.29 is 22.7 Å². The van der Waals surface area contributed by atoms with Crippen LogP contribution in [0.4, 0.5) is 18.9 Å². The summed E-state index contributed by atoms with van der Waals surface area (Å²) in [5.41, 5.74) is 2.60. The maximum atomic E-state index is 12.5. The van der Waals surface area contributed by atoms with E-state index in [1.165, 1.54) is 24.3 Å². The van der Waals surface area contributed by atoms with Crippen LogP contribution in [-0.4, -0.2) is 23.7 Å². The van der Waals surface area contributed by atoms with Gasteiger partial charge in [-0.3, -0.25) is 4.79 Å². The number of anilines is 1. The van der Waals surface area contributed by atoms with E-state index in [0.29, 0.717) is 11.3 Å². The van der Waals surface area contributed by atoms with Crippen LogP contribution in [0.2, 0.25) is 0 Å². The van der Waals surface area contributed by atoms with E-state index in [9.17, 15) is 18.0 Å². The molecule has 0 aliphatic heterocycles. The van der Waals surface area contributed by atoms with Gasteiger partial charge in [0.1, 0.15) is 5.75 Å². The number of carbonyl (C=O) groups excluding carboxylic acids is 1. The number of amides is 1. The van der Waals surface area contributed by atoms with Crippen LogP contribution in [0.15, 0.2) is 48.5 Å². The van der Waals surface area contributed by atoms with E-state index in [1.807, 2.05) is 31.2 Å². The van der Waals surface area contributed by atoms with Gasteiger partial charge >= 0.3 is 6.18 Å². The summed E-state index contributed by atoms with van der Waals surface area (Å²) in [6.45, 7) is 0.455. The number of aromatic amines is 1. The fourth-order valence-electron chi connectivity index (χ4n) is 2.56. The highest BCUT2D eigenvalue weighted by molar-refractivity contribution is 6.13. The predicted molar refractivity (Wildman–Crippen MR) is 89.0 cm³/mol. The Hall–Kier alpha value is -2.96. The van der Waals surface area contributed by atoms with Gasteiger partial charge in [0, 0.05) is 22.3 Å². The lowest BCUT2D eigenvalue weighted by atomic mass is 10.1. The number of aryl methyl sites for hydroxylation is 1. The second kappa shape index (κ2) is 6.51. The number of benzene rings is 2. The maximum absolute atomic E-state index is 12.5. The molecule has 3 rings (SSSR count). The van der Waals surface area contributed by atoms with Gasteiger partial charge in [-0.05, 0) is 37.3 Å². The Morgan fingerprint density at radius 3 is 2.48 bits per heavy atom. The summed E-state index contributed by atoms with van der Waals surface area (Å²) in [6, 6.07) is 13.2. The van der Waals surface area contributed by atoms with Crippen LogP contribution in [0.25, 0.3) is 10.9 Å². The number of para-hydroxylation sites is 1. The number of aromatic nitrogens is 1. The summed E-state index contributed by atoms with van der Waals surface area (Å²) in [5.74, 6) is -0.211. The molecule has 1 amide bonds. The van der Waals surface area contributed by atoms with E-state index in [0.717, 1.165) is 16.6 Å². The van der Waals surface area contributed by atoms with Crippen molar-refractivity contribution in [2.75, 3.05) is 11.9 Å². The molecule has 1 aromatic heterocycles. The van der Waals surface area contributed by atoms with Crippen LogP contribution >= 0.6 is 0 Å². The van der Waals surface area contributed by atoms with Crippen molar-refractivity contribution in [2.24, 2.45) is 0 Å². The topological polar surface area (TPSA) is 54.1 Å². The van der Waals surface area contributed by atoms with Crippen molar-refractivity contribution in [3.8, 4) is 5.75 Å². The Balaban J connectivity index is 1.73. The quantitative estimate of drug-likeness (QED) is 0.720. The van der Waals surface area contributed by atoms with E-state index in [4.69, 9.17) is 0 Å². The fourth-order valence-corrected chi connectivity index (χ4v) is 2.56. The number of alkyl halides is 3. The minimum Gasteiger partial charge on any atom is -0.484 e. The number of halogens is 3. The minimum atomic E-state index is -4.39. The van der Waals surface area contributed by atoms with Crippen molar-refractivity contribution in [3.63, 3.8) is 0 Å². The smallest absolute Gasteiger partial charge is 0.422 e. The lowest BCUT2D eigenvalue weighted by molar-refractivity contribution is -0.153. The number of hydrogen-bond donors (Lipinski definition) is 2. The van der Waals surface area contributed by atoms with Crippen molar-refractivity contribution in [1.82, 2.24) is 4.98 Å². The first-order valence-electron chi connectivity index (χ1n) is 7.52. The third-order valence-corrected chi connectivity index (χ3v) is 3.64. The van der Waals surface area contributed by atoms with Crippen LogP contribution < -0.4 is 10.1 Å². The van der Waals surface area contributed by atoms with Gasteiger partial charge in [0.25, 0.3) is 5.91 Å². The molecule has 25 heavy (non-hydrogen) atoms. The predicted octanol–water partition coefficient (Wildman–Crippen LogP) is 4.67. The summed E-state index contributed by atoms with van der Waals surface area (Å²) in [4.78, 5) is 15.7. The summed E-state index contributed by atoms with van der Waals surface area (Å²) in [5, 5.41) is 3.55. The van der Waals surface area contributed by atoms with Crippen molar-refractivity contribution >= 4 is 22.5 Å². The molecule has 0 unspecified atom stereocenters. The van der Waals surface area contributed by atoms with Crippen LogP contribution in [0.5, 0.6) is 5.75 Å². The molecule has 0 saturated heterocycles. The molecule has 0 aliphatic carbocycles.